The SMILES string of the molecule is CC1(C)c2ccccc2N(c2ccc(-c3cccc4sc5ccc6c7ccccc7sc6c5c34)cc2)c2ccccc21.c1ccc(-c2ccc3c(c2)c2cc(-c4ccccc4)ccc2n3-c2ccc(-c3cccc4sc5ccc6c7ccccc7sc6c5c34)cc2)cc1.c1ccc2c(c1)sc1c2ccc2sc3cccc(-c4ccc(-n5c6ccccc6c6ccccc65)cc4)c3c21. The highest BCUT2D eigenvalue weighted by Crippen LogP contribution is 2.56. The molecule has 0 radical (unpaired) electrons. The van der Waals surface area contributed by atoms with E-state index >= 15 is 0 Å². The Balaban J connectivity index is 0.000000102. The summed E-state index contributed by atoms with van der Waals surface area (Å²) in [6.07, 6.45) is 0. The van der Waals surface area contributed by atoms with Crippen LogP contribution in [0.5, 0.6) is 0 Å². The third-order valence-corrected chi connectivity index (χ3v) is 34.5. The van der Waals surface area contributed by atoms with E-state index in [0.29, 0.717) is 0 Å². The van der Waals surface area contributed by atoms with Gasteiger partial charge in [0.1, 0.15) is 0 Å². The largest absolute Gasteiger partial charge is 0.310 e. The number of rotatable bonds is 8. The molecule has 1 aliphatic rings. The highest BCUT2D eigenvalue weighted by molar-refractivity contribution is 7.31. The number of hydrogen-bond acceptors (Lipinski definition) is 7. The van der Waals surface area contributed by atoms with Crippen LogP contribution in [0.1, 0.15) is 25.0 Å². The van der Waals surface area contributed by atoms with Crippen molar-refractivity contribution in [1.82, 2.24) is 9.13 Å². The van der Waals surface area contributed by atoms with Crippen molar-refractivity contribution >= 4 is 250 Å². The van der Waals surface area contributed by atoms with Crippen LogP contribution in [-0.2, 0) is 5.41 Å². The zero-order valence-corrected chi connectivity index (χ0v) is 76.7. The number of benzene rings is 20. The molecule has 0 unspecified atom stereocenters. The Kier molecular flexibility index (Phi) is 17.9. The maximum Gasteiger partial charge on any atom is 0.0541 e. The van der Waals surface area contributed by atoms with E-state index in [9.17, 15) is 0 Å². The number of fused-ring (bicyclic) bond motifs is 29. The highest BCUT2D eigenvalue weighted by atomic mass is 32.1. The molecule has 29 rings (SSSR count). The fourth-order valence-corrected chi connectivity index (χ4v) is 28.8. The fraction of sp³-hybridized carbons (Fsp3) is 0.0244. The predicted octanol–water partition coefficient (Wildman–Crippen LogP) is 37.9. The molecule has 0 N–H and O–H groups in total. The molecule has 0 fully saturated rings. The average Bonchev–Trinajstić information content (AvgIpc) is 1.00. The van der Waals surface area contributed by atoms with E-state index in [0.717, 1.165) is 5.69 Å². The van der Waals surface area contributed by atoms with E-state index in [1.54, 1.807) is 0 Å². The summed E-state index contributed by atoms with van der Waals surface area (Å²) < 4.78 is 21.1. The number of aromatic nitrogens is 2. The van der Waals surface area contributed by atoms with E-state index in [-0.39, 0.29) is 5.41 Å². The molecule has 132 heavy (non-hydrogen) atoms. The molecule has 620 valence electrons. The maximum absolute atomic E-state index is 2.43. The van der Waals surface area contributed by atoms with Crippen LogP contribution in [0.2, 0.25) is 0 Å². The Hall–Kier alpha value is -14.9. The number of nitrogens with zero attached hydrogens (tertiary/aromatic N) is 3. The van der Waals surface area contributed by atoms with Crippen molar-refractivity contribution in [2.75, 3.05) is 4.90 Å². The summed E-state index contributed by atoms with van der Waals surface area (Å²) in [5.74, 6) is 0. The van der Waals surface area contributed by atoms with Crippen LogP contribution in [0, 0.1) is 0 Å². The van der Waals surface area contributed by atoms with Crippen LogP contribution < -0.4 is 4.90 Å². The van der Waals surface area contributed by atoms with Gasteiger partial charge in [0.25, 0.3) is 0 Å². The monoisotopic (exact) mass is 1790 g/mol. The second-order valence-electron chi connectivity index (χ2n) is 35.1. The zero-order valence-electron chi connectivity index (χ0n) is 71.8. The van der Waals surface area contributed by atoms with Gasteiger partial charge in [0.05, 0.1) is 33.4 Å². The molecule has 3 nitrogen and oxygen atoms in total. The van der Waals surface area contributed by atoms with Crippen LogP contribution in [0.15, 0.2) is 431 Å². The van der Waals surface area contributed by atoms with Crippen molar-refractivity contribution in [3.63, 3.8) is 0 Å². The van der Waals surface area contributed by atoms with Crippen molar-refractivity contribution in [3.8, 4) is 67.0 Å². The van der Waals surface area contributed by atoms with Crippen molar-refractivity contribution in [3.05, 3.63) is 442 Å². The minimum absolute atomic E-state index is 0.0583. The third-order valence-electron chi connectivity index (χ3n) is 27.5. The zero-order chi connectivity index (χ0) is 87.0. The maximum atomic E-state index is 2.43. The Morgan fingerprint density at radius 2 is 0.477 bits per heavy atom. The molecule has 1 aliphatic heterocycles. The van der Waals surface area contributed by atoms with Gasteiger partial charge in [-0.3, -0.25) is 0 Å². The van der Waals surface area contributed by atoms with Gasteiger partial charge in [-0.2, -0.15) is 0 Å². The number of thiophene rings is 6. The van der Waals surface area contributed by atoms with Gasteiger partial charge in [-0.25, -0.2) is 0 Å². The molecule has 0 saturated carbocycles. The van der Waals surface area contributed by atoms with Crippen LogP contribution in [0.4, 0.5) is 17.1 Å². The molecule has 0 atom stereocenters. The fourth-order valence-electron chi connectivity index (χ4n) is 21.4. The van der Waals surface area contributed by atoms with E-state index in [1.165, 1.54) is 254 Å². The van der Waals surface area contributed by atoms with Crippen molar-refractivity contribution in [2.45, 2.75) is 19.3 Å². The molecular formula is C123H77N3S6. The lowest BCUT2D eigenvalue weighted by Gasteiger charge is -2.42. The summed E-state index contributed by atoms with van der Waals surface area (Å²) in [5.41, 5.74) is 26.1. The number of anilines is 3. The molecule has 28 aromatic rings. The first-order valence-corrected chi connectivity index (χ1v) is 49.9. The van der Waals surface area contributed by atoms with Crippen LogP contribution in [-0.4, -0.2) is 9.13 Å². The summed E-state index contributed by atoms with van der Waals surface area (Å²) in [6.45, 7) is 4.68. The van der Waals surface area contributed by atoms with Gasteiger partial charge in [0.2, 0.25) is 0 Å². The summed E-state index contributed by atoms with van der Waals surface area (Å²) in [4.78, 5) is 2.43. The normalized spacial score (nSPS) is 12.7. The highest BCUT2D eigenvalue weighted by Gasteiger charge is 2.37. The first kappa shape index (κ1) is 77.1. The average molecular weight is 1790 g/mol. The van der Waals surface area contributed by atoms with E-state index in [2.05, 4.69) is 459 Å². The minimum atomic E-state index is -0.0583. The Morgan fingerprint density at radius 1 is 0.182 bits per heavy atom. The van der Waals surface area contributed by atoms with E-state index in [1.807, 2.05) is 68.0 Å². The molecular weight excluding hydrogens is 1710 g/mol. The van der Waals surface area contributed by atoms with Crippen LogP contribution in [0.3, 0.4) is 0 Å². The second-order valence-corrected chi connectivity index (χ2v) is 41.5. The summed E-state index contributed by atoms with van der Waals surface area (Å²) in [7, 11) is 0. The van der Waals surface area contributed by atoms with Gasteiger partial charge in [-0.1, -0.05) is 305 Å². The van der Waals surface area contributed by atoms with Crippen LogP contribution >= 0.6 is 68.0 Å². The second kappa shape index (κ2) is 30.6. The van der Waals surface area contributed by atoms with Crippen molar-refractivity contribution in [1.29, 1.82) is 0 Å². The molecule has 0 saturated heterocycles. The summed E-state index contributed by atoms with van der Waals surface area (Å²) in [5, 5.41) is 21.5. The molecule has 9 heterocycles. The topological polar surface area (TPSA) is 13.1 Å². The first-order valence-electron chi connectivity index (χ1n) is 45.0. The van der Waals surface area contributed by atoms with Gasteiger partial charge in [-0.05, 0) is 206 Å². The lowest BCUT2D eigenvalue weighted by molar-refractivity contribution is 0.632. The Labute approximate surface area is 785 Å². The Morgan fingerprint density at radius 3 is 0.856 bits per heavy atom. The Bertz CT molecular complexity index is 9370. The quantitative estimate of drug-likeness (QED) is 0.148. The lowest BCUT2D eigenvalue weighted by Crippen LogP contribution is -2.30. The molecule has 0 amide bonds. The molecule has 0 spiro atoms. The van der Waals surface area contributed by atoms with Gasteiger partial charge >= 0.3 is 0 Å². The summed E-state index contributed by atoms with van der Waals surface area (Å²) in [6, 6.07) is 159. The number of para-hydroxylation sites is 4. The molecule has 0 aliphatic carbocycles. The standard InChI is InChI=1S/C48H29NS2.C39H27NS2.C36H21NS2/c1-3-10-30(11-4-1)33-20-25-41-39(28-33)40-29-34(31-12-5-2-6-13-31)21-26-42(40)49(41)35-22-18-32(19-23-35)36-15-9-17-44-46(36)47-45(50-44)27-24-38-37-14-7-8-16-43(37)51-48(38)47;1-39(2)29-12-4-6-14-31(29)40(32-15-7-5-13-30(32)39)25-20-18-24(19-21-25)26-11-9-17-34-36(26)37-35(41-34)23-22-28-27-10-3-8-16-33(27)42-38(28)37;1-4-12-29-25(8-1)26-9-2-5-13-30(26)37(29)23-18-16-22(17-19-23)24-11-7-15-32-34(24)35-33(38-32)21-20-28-27-10-3-6-14-31(27)39-36(28)35/h1-29H;3-23H,1-2H3;1-21H. The molecule has 0 bridgehead atoms. The number of hydrogen-bond donors (Lipinski definition) is 0. The van der Waals surface area contributed by atoms with Gasteiger partial charge in [-0.15, -0.1) is 68.0 Å². The third kappa shape index (κ3) is 12.2. The van der Waals surface area contributed by atoms with E-state index < -0.39 is 0 Å². The van der Waals surface area contributed by atoms with Gasteiger partial charge in [0.15, 0.2) is 0 Å². The minimum Gasteiger partial charge on any atom is -0.310 e. The van der Waals surface area contributed by atoms with Gasteiger partial charge < -0.3 is 14.0 Å². The smallest absolute Gasteiger partial charge is 0.0541 e. The van der Waals surface area contributed by atoms with Crippen molar-refractivity contribution < 1.29 is 0 Å². The molecule has 9 heteroatoms. The van der Waals surface area contributed by atoms with Crippen LogP contribution in [0.25, 0.3) is 232 Å². The molecule has 20 aromatic carbocycles. The predicted molar refractivity (Wildman–Crippen MR) is 579 cm³/mol. The molecule has 8 aromatic heterocycles. The summed E-state index contributed by atoms with van der Waals surface area (Å²) >= 11 is 11.5. The van der Waals surface area contributed by atoms with E-state index in [4.69, 9.17) is 0 Å². The lowest BCUT2D eigenvalue weighted by atomic mass is 9.73. The van der Waals surface area contributed by atoms with Gasteiger partial charge in [0, 0.05) is 165 Å². The first-order chi connectivity index (χ1) is 65.2. The van der Waals surface area contributed by atoms with Crippen molar-refractivity contribution in [2.24, 2.45) is 0 Å².